The molecule has 162 valence electrons. The van der Waals surface area contributed by atoms with Crippen LogP contribution in [0.15, 0.2) is 54.6 Å². The maximum Gasteiger partial charge on any atom is 0.254 e. The Morgan fingerprint density at radius 3 is 2.55 bits per heavy atom. The molecule has 0 bridgehead atoms. The normalized spacial score (nSPS) is 13.8. The molecule has 1 aliphatic rings. The minimum atomic E-state index is 0.211. The Balaban J connectivity index is 1.23. The Labute approximate surface area is 186 Å². The summed E-state index contributed by atoms with van der Waals surface area (Å²) in [7, 11) is 2.20. The van der Waals surface area contributed by atoms with Crippen LogP contribution in [0.5, 0.6) is 0 Å². The molecule has 0 aliphatic carbocycles. The van der Waals surface area contributed by atoms with Crippen molar-refractivity contribution in [3.8, 4) is 0 Å². The van der Waals surface area contributed by atoms with E-state index in [-0.39, 0.29) is 5.91 Å². The van der Waals surface area contributed by atoms with Crippen LogP contribution in [0, 0.1) is 13.8 Å². The topological polar surface area (TPSA) is 23.6 Å². The summed E-state index contributed by atoms with van der Waals surface area (Å²) in [4.78, 5) is 17.4. The third-order valence-electron chi connectivity index (χ3n) is 6.72. The number of carbonyl (C=O) groups excluding carboxylic acids is 1. The number of carbonyl (C=O) groups is 1. The molecule has 0 saturated heterocycles. The minimum Gasteiger partial charge on any atom is -0.338 e. The van der Waals surface area contributed by atoms with Gasteiger partial charge in [0, 0.05) is 18.7 Å². The molecule has 31 heavy (non-hydrogen) atoms. The Morgan fingerprint density at radius 1 is 0.935 bits per heavy atom. The number of nitrogens with zero attached hydrogens (tertiary/aromatic N) is 2. The number of aryl methyl sites for hydroxylation is 3. The van der Waals surface area contributed by atoms with Crippen molar-refractivity contribution in [2.75, 3.05) is 33.2 Å². The summed E-state index contributed by atoms with van der Waals surface area (Å²) >= 11 is 0. The number of benzene rings is 3. The van der Waals surface area contributed by atoms with Crippen molar-refractivity contribution in [1.82, 2.24) is 9.80 Å². The van der Waals surface area contributed by atoms with Crippen molar-refractivity contribution in [3.63, 3.8) is 0 Å². The molecule has 3 nitrogen and oxygen atoms in total. The second-order valence-electron chi connectivity index (χ2n) is 9.03. The molecule has 0 N–H and O–H groups in total. The molecule has 1 heterocycles. The average molecular weight is 415 g/mol. The first kappa shape index (κ1) is 21.6. The number of hydrogen-bond donors (Lipinski definition) is 0. The number of hydrogen-bond acceptors (Lipinski definition) is 2. The largest absolute Gasteiger partial charge is 0.338 e. The Bertz CT molecular complexity index is 1070. The Hall–Kier alpha value is -2.65. The highest BCUT2D eigenvalue weighted by atomic mass is 16.2. The molecule has 0 unspecified atom stereocenters. The van der Waals surface area contributed by atoms with Gasteiger partial charge in [0.25, 0.3) is 5.91 Å². The van der Waals surface area contributed by atoms with Crippen LogP contribution in [0.1, 0.15) is 45.5 Å². The fourth-order valence-corrected chi connectivity index (χ4v) is 4.72. The highest BCUT2D eigenvalue weighted by Gasteiger charge is 2.24. The van der Waals surface area contributed by atoms with Gasteiger partial charge in [-0.05, 0) is 98.8 Å². The maximum atomic E-state index is 12.9. The second-order valence-corrected chi connectivity index (χ2v) is 9.03. The Kier molecular flexibility index (Phi) is 6.72. The summed E-state index contributed by atoms with van der Waals surface area (Å²) in [5.74, 6) is 0.211. The predicted octanol–water partition coefficient (Wildman–Crippen LogP) is 5.41. The lowest BCUT2D eigenvalue weighted by atomic mass is 9.94. The van der Waals surface area contributed by atoms with E-state index in [1.165, 1.54) is 33.0 Å². The molecule has 0 aromatic heterocycles. The van der Waals surface area contributed by atoms with Gasteiger partial charge in [-0.15, -0.1) is 0 Å². The zero-order valence-corrected chi connectivity index (χ0v) is 19.2. The van der Waals surface area contributed by atoms with Crippen molar-refractivity contribution in [1.29, 1.82) is 0 Å². The molecular formula is C28H34N2O. The van der Waals surface area contributed by atoms with Gasteiger partial charge in [-0.3, -0.25) is 4.79 Å². The fraction of sp³-hybridized carbons (Fsp3) is 0.393. The molecule has 0 fully saturated rings. The van der Waals surface area contributed by atoms with E-state index < -0.39 is 0 Å². The second kappa shape index (κ2) is 9.65. The van der Waals surface area contributed by atoms with Crippen LogP contribution >= 0.6 is 0 Å². The summed E-state index contributed by atoms with van der Waals surface area (Å²) in [5.41, 5.74) is 6.06. The van der Waals surface area contributed by atoms with Gasteiger partial charge >= 0.3 is 0 Å². The number of amides is 1. The van der Waals surface area contributed by atoms with E-state index in [4.69, 9.17) is 0 Å². The van der Waals surface area contributed by atoms with Crippen LogP contribution < -0.4 is 0 Å². The molecule has 0 atom stereocenters. The van der Waals surface area contributed by atoms with E-state index in [1.54, 1.807) is 0 Å². The maximum absolute atomic E-state index is 12.9. The quantitative estimate of drug-likeness (QED) is 0.492. The monoisotopic (exact) mass is 414 g/mol. The van der Waals surface area contributed by atoms with Crippen molar-refractivity contribution in [2.24, 2.45) is 0 Å². The zero-order chi connectivity index (χ0) is 21.8. The third kappa shape index (κ3) is 4.99. The fourth-order valence-electron chi connectivity index (χ4n) is 4.72. The molecule has 0 spiro atoms. The Morgan fingerprint density at radius 2 is 1.68 bits per heavy atom. The first-order valence-electron chi connectivity index (χ1n) is 11.6. The van der Waals surface area contributed by atoms with Crippen LogP contribution in [0.25, 0.3) is 10.8 Å². The molecule has 3 heteroatoms. The van der Waals surface area contributed by atoms with E-state index in [0.717, 1.165) is 57.4 Å². The molecular weight excluding hydrogens is 380 g/mol. The SMILES string of the molecule is Cc1cc2c(cc1C)C(=O)N(CCCN(C)CCCc1cccc3ccccc13)CC2. The summed E-state index contributed by atoms with van der Waals surface area (Å²) in [6.07, 6.45) is 4.25. The van der Waals surface area contributed by atoms with Crippen molar-refractivity contribution in [3.05, 3.63) is 82.4 Å². The smallest absolute Gasteiger partial charge is 0.254 e. The van der Waals surface area contributed by atoms with Gasteiger partial charge in [0.15, 0.2) is 0 Å². The van der Waals surface area contributed by atoms with Gasteiger partial charge in [0.05, 0.1) is 0 Å². The van der Waals surface area contributed by atoms with Gasteiger partial charge in [0.2, 0.25) is 0 Å². The van der Waals surface area contributed by atoms with E-state index >= 15 is 0 Å². The number of rotatable bonds is 8. The lowest BCUT2D eigenvalue weighted by Gasteiger charge is -2.30. The molecule has 3 aromatic carbocycles. The summed E-state index contributed by atoms with van der Waals surface area (Å²) < 4.78 is 0. The van der Waals surface area contributed by atoms with Crippen molar-refractivity contribution >= 4 is 16.7 Å². The van der Waals surface area contributed by atoms with E-state index in [9.17, 15) is 4.79 Å². The van der Waals surface area contributed by atoms with Gasteiger partial charge in [-0.25, -0.2) is 0 Å². The third-order valence-corrected chi connectivity index (χ3v) is 6.72. The van der Waals surface area contributed by atoms with Crippen LogP contribution in [-0.4, -0.2) is 48.9 Å². The van der Waals surface area contributed by atoms with E-state index in [1.807, 2.05) is 4.90 Å². The van der Waals surface area contributed by atoms with Crippen LogP contribution in [0.4, 0.5) is 0 Å². The molecule has 3 aromatic rings. The van der Waals surface area contributed by atoms with Gasteiger partial charge in [-0.2, -0.15) is 0 Å². The predicted molar refractivity (Wildman–Crippen MR) is 130 cm³/mol. The molecule has 0 radical (unpaired) electrons. The highest BCUT2D eigenvalue weighted by molar-refractivity contribution is 5.97. The van der Waals surface area contributed by atoms with Crippen LogP contribution in [0.2, 0.25) is 0 Å². The summed E-state index contributed by atoms with van der Waals surface area (Å²) in [6.45, 7) is 8.02. The molecule has 1 aliphatic heterocycles. The van der Waals surface area contributed by atoms with Gasteiger partial charge in [-0.1, -0.05) is 48.5 Å². The number of fused-ring (bicyclic) bond motifs is 2. The lowest BCUT2D eigenvalue weighted by molar-refractivity contribution is 0.0733. The highest BCUT2D eigenvalue weighted by Crippen LogP contribution is 2.23. The van der Waals surface area contributed by atoms with E-state index in [2.05, 4.69) is 80.4 Å². The van der Waals surface area contributed by atoms with Gasteiger partial charge in [0.1, 0.15) is 0 Å². The van der Waals surface area contributed by atoms with Crippen molar-refractivity contribution < 1.29 is 4.79 Å². The van der Waals surface area contributed by atoms with Crippen molar-refractivity contribution in [2.45, 2.75) is 39.5 Å². The molecule has 4 rings (SSSR count). The van der Waals surface area contributed by atoms with Crippen LogP contribution in [-0.2, 0) is 12.8 Å². The minimum absolute atomic E-state index is 0.211. The zero-order valence-electron chi connectivity index (χ0n) is 19.2. The molecule has 0 saturated carbocycles. The van der Waals surface area contributed by atoms with Crippen LogP contribution in [0.3, 0.4) is 0 Å². The lowest BCUT2D eigenvalue weighted by Crippen LogP contribution is -2.39. The summed E-state index contributed by atoms with van der Waals surface area (Å²) in [5, 5.41) is 2.70. The molecule has 1 amide bonds. The standard InChI is InChI=1S/C28H34N2O/c1-21-19-25-14-18-30(28(31)27(25)20-22(21)2)17-8-16-29(3)15-7-12-24-11-6-10-23-9-4-5-13-26(23)24/h4-6,9-11,13,19-20H,7-8,12,14-18H2,1-3H3. The van der Waals surface area contributed by atoms with Gasteiger partial charge < -0.3 is 9.80 Å². The first-order chi connectivity index (χ1) is 15.0. The average Bonchev–Trinajstić information content (AvgIpc) is 2.77. The summed E-state index contributed by atoms with van der Waals surface area (Å²) in [6, 6.07) is 19.5. The first-order valence-corrected chi connectivity index (χ1v) is 11.6. The van der Waals surface area contributed by atoms with E-state index in [0.29, 0.717) is 0 Å².